The quantitative estimate of drug-likeness (QED) is 0.365. The molecule has 0 N–H and O–H groups in total. The van der Waals surface area contributed by atoms with Crippen LogP contribution in [-0.4, -0.2) is 39.8 Å². The van der Waals surface area contributed by atoms with Crippen molar-refractivity contribution in [1.82, 2.24) is 14.7 Å². The van der Waals surface area contributed by atoms with Crippen LogP contribution in [0.4, 0.5) is 4.39 Å². The molecule has 36 heavy (non-hydrogen) atoms. The third-order valence-corrected chi connectivity index (χ3v) is 7.20. The van der Waals surface area contributed by atoms with E-state index < -0.39 is 0 Å². The number of aromatic nitrogens is 2. The third kappa shape index (κ3) is 5.46. The van der Waals surface area contributed by atoms with Crippen LogP contribution in [0, 0.1) is 11.7 Å². The average Bonchev–Trinajstić information content (AvgIpc) is 3.68. The predicted molar refractivity (Wildman–Crippen MR) is 136 cm³/mol. The van der Waals surface area contributed by atoms with Gasteiger partial charge in [-0.05, 0) is 68.5 Å². The Bertz CT molecular complexity index is 1150. The van der Waals surface area contributed by atoms with Crippen LogP contribution in [0.25, 0.3) is 5.69 Å². The zero-order valence-electron chi connectivity index (χ0n) is 20.9. The monoisotopic (exact) mass is 491 g/mol. The molecular formula is C29H34FN3O3. The number of rotatable bonds is 9. The fourth-order valence-corrected chi connectivity index (χ4v) is 5.27. The third-order valence-electron chi connectivity index (χ3n) is 7.20. The molecule has 1 aliphatic heterocycles. The number of ether oxygens (including phenoxy) is 2. The fraction of sp³-hybridized carbons (Fsp3) is 0.448. The molecule has 1 atom stereocenters. The summed E-state index contributed by atoms with van der Waals surface area (Å²) in [6.45, 7) is 3.79. The number of hydrogen-bond acceptors (Lipinski definition) is 4. The number of carbonyl (C=O) groups is 1. The van der Waals surface area contributed by atoms with Crippen LogP contribution in [0.15, 0.2) is 54.6 Å². The molecule has 1 amide bonds. The summed E-state index contributed by atoms with van der Waals surface area (Å²) in [7, 11) is 0. The van der Waals surface area contributed by atoms with E-state index in [1.54, 1.807) is 16.8 Å². The molecule has 2 fully saturated rings. The Morgan fingerprint density at radius 3 is 2.50 bits per heavy atom. The molecule has 0 spiro atoms. The molecule has 1 aliphatic carbocycles. The number of carbonyl (C=O) groups excluding carboxylic acids is 1. The highest BCUT2D eigenvalue weighted by atomic mass is 19.1. The summed E-state index contributed by atoms with van der Waals surface area (Å²) in [5, 5.41) is 4.90. The highest BCUT2D eigenvalue weighted by molar-refractivity contribution is 5.79. The van der Waals surface area contributed by atoms with Crippen LogP contribution in [0.2, 0.25) is 0 Å². The summed E-state index contributed by atoms with van der Waals surface area (Å²) in [6.07, 6.45) is 6.86. The van der Waals surface area contributed by atoms with Crippen molar-refractivity contribution in [2.75, 3.05) is 13.2 Å². The van der Waals surface area contributed by atoms with Crippen LogP contribution < -0.4 is 4.74 Å². The van der Waals surface area contributed by atoms with Crippen LogP contribution in [0.3, 0.4) is 0 Å². The van der Waals surface area contributed by atoms with E-state index in [2.05, 4.69) is 6.92 Å². The Morgan fingerprint density at radius 2 is 1.83 bits per heavy atom. The molecule has 6 nitrogen and oxygen atoms in total. The molecule has 1 saturated heterocycles. The van der Waals surface area contributed by atoms with Crippen molar-refractivity contribution in [2.24, 2.45) is 5.92 Å². The number of aryl methyl sites for hydroxylation is 1. The van der Waals surface area contributed by atoms with Crippen molar-refractivity contribution in [3.05, 3.63) is 71.7 Å². The number of nitrogens with zero attached hydrogens (tertiary/aromatic N) is 3. The van der Waals surface area contributed by atoms with Crippen molar-refractivity contribution in [2.45, 2.75) is 64.5 Å². The van der Waals surface area contributed by atoms with Crippen molar-refractivity contribution >= 4 is 5.91 Å². The maximum atomic E-state index is 13.7. The average molecular weight is 492 g/mol. The van der Waals surface area contributed by atoms with E-state index in [4.69, 9.17) is 14.6 Å². The van der Waals surface area contributed by atoms with E-state index >= 15 is 0 Å². The lowest BCUT2D eigenvalue weighted by molar-refractivity contribution is -0.137. The number of amides is 1. The first kappa shape index (κ1) is 24.5. The Labute approximate surface area is 212 Å². The molecule has 5 rings (SSSR count). The first-order chi connectivity index (χ1) is 17.6. The maximum absolute atomic E-state index is 13.7. The van der Waals surface area contributed by atoms with Gasteiger partial charge < -0.3 is 14.4 Å². The lowest BCUT2D eigenvalue weighted by Gasteiger charge is -2.28. The molecule has 2 heterocycles. The molecule has 190 valence electrons. The number of benzene rings is 2. The number of hydrogen-bond donors (Lipinski definition) is 0. The van der Waals surface area contributed by atoms with Gasteiger partial charge in [-0.15, -0.1) is 0 Å². The van der Waals surface area contributed by atoms with E-state index in [1.165, 1.54) is 12.1 Å². The number of para-hydroxylation sites is 1. The Balaban J connectivity index is 1.53. The van der Waals surface area contributed by atoms with Gasteiger partial charge in [-0.1, -0.05) is 38.0 Å². The van der Waals surface area contributed by atoms with Crippen LogP contribution in [0.5, 0.6) is 11.6 Å². The van der Waals surface area contributed by atoms with Gasteiger partial charge >= 0.3 is 0 Å². The summed E-state index contributed by atoms with van der Waals surface area (Å²) in [6, 6.07) is 15.8. The van der Waals surface area contributed by atoms with Crippen molar-refractivity contribution in [3.8, 4) is 17.3 Å². The molecule has 3 aromatic rings. The van der Waals surface area contributed by atoms with E-state index in [0.29, 0.717) is 31.1 Å². The molecule has 2 aromatic carbocycles. The summed E-state index contributed by atoms with van der Waals surface area (Å²) >= 11 is 0. The highest BCUT2D eigenvalue weighted by Gasteiger charge is 2.32. The molecule has 1 saturated carbocycles. The maximum Gasteiger partial charge on any atom is 0.227 e. The lowest BCUT2D eigenvalue weighted by Crippen LogP contribution is -2.40. The zero-order valence-corrected chi connectivity index (χ0v) is 20.9. The molecular weight excluding hydrogens is 457 g/mol. The Hall–Kier alpha value is -3.19. The van der Waals surface area contributed by atoms with Gasteiger partial charge in [0.05, 0.1) is 29.6 Å². The van der Waals surface area contributed by atoms with Crippen LogP contribution in [-0.2, 0) is 22.5 Å². The van der Waals surface area contributed by atoms with Gasteiger partial charge in [0.2, 0.25) is 11.8 Å². The first-order valence-corrected chi connectivity index (χ1v) is 13.1. The molecule has 0 radical (unpaired) electrons. The second-order valence-corrected chi connectivity index (χ2v) is 9.72. The Morgan fingerprint density at radius 1 is 1.08 bits per heavy atom. The van der Waals surface area contributed by atoms with Crippen molar-refractivity contribution < 1.29 is 18.7 Å². The highest BCUT2D eigenvalue weighted by Crippen LogP contribution is 2.34. The van der Waals surface area contributed by atoms with Gasteiger partial charge in [0.25, 0.3) is 0 Å². The second-order valence-electron chi connectivity index (χ2n) is 9.72. The Kier molecular flexibility index (Phi) is 7.66. The SMILES string of the molecule is CCc1nn(-c2ccccc2)c(Oc2ccc(F)cc2)c1CN(CC1CCCO1)C(=O)C1CCCC1. The number of halogens is 1. The van der Waals surface area contributed by atoms with Crippen LogP contribution in [0.1, 0.15) is 56.7 Å². The minimum absolute atomic E-state index is 0.0612. The zero-order chi connectivity index (χ0) is 24.9. The van der Waals surface area contributed by atoms with Crippen molar-refractivity contribution in [1.29, 1.82) is 0 Å². The fourth-order valence-electron chi connectivity index (χ4n) is 5.27. The second kappa shape index (κ2) is 11.2. The smallest absolute Gasteiger partial charge is 0.227 e. The summed E-state index contributed by atoms with van der Waals surface area (Å²) in [4.78, 5) is 15.6. The minimum Gasteiger partial charge on any atom is -0.439 e. The molecule has 2 aliphatic rings. The van der Waals surface area contributed by atoms with E-state index in [1.807, 2.05) is 35.2 Å². The van der Waals surface area contributed by atoms with Gasteiger partial charge in [-0.2, -0.15) is 5.10 Å². The van der Waals surface area contributed by atoms with Gasteiger partial charge in [0.1, 0.15) is 11.6 Å². The molecule has 7 heteroatoms. The standard InChI is InChI=1S/C29H34FN3O3/c1-2-27-26(20-32(19-25-13-8-18-35-25)28(34)21-9-6-7-10-21)29(36-24-16-14-22(30)15-17-24)33(31-27)23-11-4-3-5-12-23/h3-5,11-12,14-17,21,25H,2,6-10,13,18-20H2,1H3. The molecule has 1 aromatic heterocycles. The summed E-state index contributed by atoms with van der Waals surface area (Å²) < 4.78 is 27.7. The topological polar surface area (TPSA) is 56.6 Å². The van der Waals surface area contributed by atoms with Crippen molar-refractivity contribution in [3.63, 3.8) is 0 Å². The largest absolute Gasteiger partial charge is 0.439 e. The van der Waals surface area contributed by atoms with Gasteiger partial charge in [-0.3, -0.25) is 4.79 Å². The molecule has 1 unspecified atom stereocenters. The lowest BCUT2D eigenvalue weighted by atomic mass is 10.0. The van der Waals surface area contributed by atoms with Crippen LogP contribution >= 0.6 is 0 Å². The van der Waals surface area contributed by atoms with E-state index in [-0.39, 0.29) is 23.7 Å². The summed E-state index contributed by atoms with van der Waals surface area (Å²) in [5.41, 5.74) is 2.63. The van der Waals surface area contributed by atoms with Gasteiger partial charge in [-0.25, -0.2) is 9.07 Å². The minimum atomic E-state index is -0.321. The van der Waals surface area contributed by atoms with Gasteiger partial charge in [0.15, 0.2) is 0 Å². The first-order valence-electron chi connectivity index (χ1n) is 13.1. The normalized spacial score (nSPS) is 18.0. The molecule has 0 bridgehead atoms. The van der Waals surface area contributed by atoms with E-state index in [9.17, 15) is 9.18 Å². The van der Waals surface area contributed by atoms with E-state index in [0.717, 1.165) is 62.1 Å². The predicted octanol–water partition coefficient (Wildman–Crippen LogP) is 6.06. The van der Waals surface area contributed by atoms with Gasteiger partial charge in [0, 0.05) is 19.1 Å². The summed E-state index contributed by atoms with van der Waals surface area (Å²) in [5.74, 6) is 1.03.